The number of hydrogen-bond acceptors (Lipinski definition) is 3. The van der Waals surface area contributed by atoms with Crippen LogP contribution in [0, 0.1) is 0 Å². The van der Waals surface area contributed by atoms with Crippen molar-refractivity contribution < 1.29 is 44.6 Å². The molecule has 0 aromatic rings. The van der Waals surface area contributed by atoms with Crippen LogP contribution in [0.15, 0.2) is 11.8 Å². The Morgan fingerprint density at radius 2 is 1.26 bits per heavy atom. The Balaban J connectivity index is 0. The van der Waals surface area contributed by atoms with Gasteiger partial charge in [0, 0.05) is 12.4 Å². The van der Waals surface area contributed by atoms with Gasteiger partial charge < -0.3 is 15.0 Å². The summed E-state index contributed by atoms with van der Waals surface area (Å²) in [4.78, 5) is 10.2. The quantitative estimate of drug-likeness (QED) is 0.267. The van der Waals surface area contributed by atoms with Crippen molar-refractivity contribution in [2.24, 2.45) is 0 Å². The molecule has 0 aliphatic carbocycles. The van der Waals surface area contributed by atoms with Gasteiger partial charge in [-0.25, -0.2) is 0 Å². The molecule has 0 aliphatic rings. The molecule has 0 radical (unpaired) electrons. The first-order valence-electron chi connectivity index (χ1n) is 9.24. The van der Waals surface area contributed by atoms with Crippen LogP contribution in [0.5, 0.6) is 0 Å². The van der Waals surface area contributed by atoms with Gasteiger partial charge in [-0.05, 0) is 25.3 Å². The van der Waals surface area contributed by atoms with Crippen molar-refractivity contribution in [2.45, 2.75) is 103 Å². The summed E-state index contributed by atoms with van der Waals surface area (Å²) in [6.45, 7) is 2.25. The minimum Gasteiger partial charge on any atom is -0.550 e. The fourth-order valence-corrected chi connectivity index (χ4v) is 2.59. The molecule has 130 valence electrons. The van der Waals surface area contributed by atoms with Crippen molar-refractivity contribution >= 4 is 5.97 Å². The van der Waals surface area contributed by atoms with Gasteiger partial charge in [-0.15, -0.1) is 0 Å². The number of carbonyl (C=O) groups excluding carboxylic acids is 1. The van der Waals surface area contributed by atoms with Crippen LogP contribution in [0.4, 0.5) is 0 Å². The zero-order valence-corrected chi connectivity index (χ0v) is 17.4. The maximum atomic E-state index is 10.2. The first-order chi connectivity index (χ1) is 10.7. The maximum Gasteiger partial charge on any atom is 1.00 e. The first-order valence-corrected chi connectivity index (χ1v) is 9.24. The molecule has 0 saturated heterocycles. The van der Waals surface area contributed by atoms with E-state index in [0.29, 0.717) is 0 Å². The SMILES string of the molecule is CCCCCCCCCCCCCCC=C(O)CCC(=O)[O-].[Na+]. The first kappa shape index (κ1) is 25.3. The van der Waals surface area contributed by atoms with Gasteiger partial charge in [0.1, 0.15) is 0 Å². The van der Waals surface area contributed by atoms with Gasteiger partial charge in [-0.1, -0.05) is 77.6 Å². The smallest absolute Gasteiger partial charge is 0.550 e. The van der Waals surface area contributed by atoms with Crippen molar-refractivity contribution in [3.05, 3.63) is 11.8 Å². The molecular weight excluding hydrogens is 299 g/mol. The van der Waals surface area contributed by atoms with E-state index in [9.17, 15) is 15.0 Å². The summed E-state index contributed by atoms with van der Waals surface area (Å²) in [5.41, 5.74) is 0. The Kier molecular flexibility index (Phi) is 22.0. The zero-order chi connectivity index (χ0) is 16.5. The summed E-state index contributed by atoms with van der Waals surface area (Å²) in [6.07, 6.45) is 18.6. The predicted octanol–water partition coefficient (Wildman–Crippen LogP) is 2.05. The third kappa shape index (κ3) is 22.0. The minimum atomic E-state index is -1.11. The van der Waals surface area contributed by atoms with E-state index in [-0.39, 0.29) is 48.2 Å². The molecule has 4 heteroatoms. The molecule has 0 amide bonds. The van der Waals surface area contributed by atoms with Crippen LogP contribution in [0.2, 0.25) is 0 Å². The number of aliphatic hydroxyl groups is 1. The fraction of sp³-hybridized carbons (Fsp3) is 0.842. The predicted molar refractivity (Wildman–Crippen MR) is 90.6 cm³/mol. The molecule has 0 aromatic carbocycles. The standard InChI is InChI=1S/C19H36O3.Na/c1-2-3-4-5-6-7-8-9-10-11-12-13-14-15-18(20)16-17-19(21)22;/h15,20H,2-14,16-17H2,1H3,(H,21,22);/q;+1/p-1. The zero-order valence-electron chi connectivity index (χ0n) is 15.4. The molecule has 1 N–H and O–H groups in total. The number of aliphatic hydroxyl groups excluding tert-OH is 1. The van der Waals surface area contributed by atoms with Gasteiger partial charge in [0.2, 0.25) is 0 Å². The van der Waals surface area contributed by atoms with Crippen LogP contribution >= 0.6 is 0 Å². The van der Waals surface area contributed by atoms with E-state index in [2.05, 4.69) is 6.92 Å². The Bertz CT molecular complexity index is 290. The Hall–Kier alpha value is 0.0100. The molecule has 0 bridgehead atoms. The third-order valence-corrected chi connectivity index (χ3v) is 4.02. The van der Waals surface area contributed by atoms with E-state index in [4.69, 9.17) is 0 Å². The molecule has 0 unspecified atom stereocenters. The average molecular weight is 334 g/mol. The normalized spacial score (nSPS) is 11.3. The van der Waals surface area contributed by atoms with E-state index in [0.717, 1.165) is 12.8 Å². The summed E-state index contributed by atoms with van der Waals surface area (Å²) >= 11 is 0. The topological polar surface area (TPSA) is 60.4 Å². The number of unbranched alkanes of at least 4 members (excludes halogenated alkanes) is 12. The van der Waals surface area contributed by atoms with Gasteiger partial charge in [0.05, 0.1) is 5.76 Å². The number of hydrogen-bond donors (Lipinski definition) is 1. The Labute approximate surface area is 165 Å². The number of rotatable bonds is 16. The number of carbonyl (C=O) groups is 1. The summed E-state index contributed by atoms with van der Waals surface area (Å²) in [7, 11) is 0. The monoisotopic (exact) mass is 334 g/mol. The molecule has 23 heavy (non-hydrogen) atoms. The molecule has 0 spiro atoms. The van der Waals surface area contributed by atoms with Crippen molar-refractivity contribution in [2.75, 3.05) is 0 Å². The Morgan fingerprint density at radius 1 is 0.826 bits per heavy atom. The summed E-state index contributed by atoms with van der Waals surface area (Å²) in [5.74, 6) is -0.919. The fourth-order valence-electron chi connectivity index (χ4n) is 2.59. The summed E-state index contributed by atoms with van der Waals surface area (Å²) < 4.78 is 0. The van der Waals surface area contributed by atoms with Crippen LogP contribution in [0.3, 0.4) is 0 Å². The number of carboxylic acid groups (broad SMARTS) is 1. The van der Waals surface area contributed by atoms with Gasteiger partial charge in [-0.3, -0.25) is 0 Å². The van der Waals surface area contributed by atoms with E-state index in [1.54, 1.807) is 6.08 Å². The van der Waals surface area contributed by atoms with E-state index in [1.807, 2.05) is 0 Å². The molecule has 0 saturated carbocycles. The van der Waals surface area contributed by atoms with E-state index in [1.165, 1.54) is 70.6 Å². The van der Waals surface area contributed by atoms with Crippen LogP contribution in [0.25, 0.3) is 0 Å². The molecule has 0 heterocycles. The second kappa shape index (κ2) is 20.1. The largest absolute Gasteiger partial charge is 1.00 e. The number of allylic oxidation sites excluding steroid dienone is 2. The van der Waals surface area contributed by atoms with Gasteiger partial charge in [-0.2, -0.15) is 0 Å². The van der Waals surface area contributed by atoms with Crippen LogP contribution in [-0.2, 0) is 4.79 Å². The third-order valence-electron chi connectivity index (χ3n) is 4.02. The number of carboxylic acids is 1. The minimum absolute atomic E-state index is 0. The Morgan fingerprint density at radius 3 is 1.70 bits per heavy atom. The van der Waals surface area contributed by atoms with Gasteiger partial charge in [0.15, 0.2) is 0 Å². The average Bonchev–Trinajstić information content (AvgIpc) is 2.49. The van der Waals surface area contributed by atoms with Crippen LogP contribution < -0.4 is 34.7 Å². The van der Waals surface area contributed by atoms with Crippen LogP contribution in [0.1, 0.15) is 103 Å². The molecular formula is C19H35NaO3. The second-order valence-electron chi connectivity index (χ2n) is 6.25. The maximum absolute atomic E-state index is 10.2. The van der Waals surface area contributed by atoms with Crippen molar-refractivity contribution in [3.8, 4) is 0 Å². The molecule has 0 rings (SSSR count). The van der Waals surface area contributed by atoms with Crippen LogP contribution in [-0.4, -0.2) is 11.1 Å². The molecule has 3 nitrogen and oxygen atoms in total. The van der Waals surface area contributed by atoms with E-state index < -0.39 is 5.97 Å². The van der Waals surface area contributed by atoms with E-state index >= 15 is 0 Å². The summed E-state index contributed by atoms with van der Waals surface area (Å²) in [5, 5.41) is 19.7. The molecule has 0 fully saturated rings. The second-order valence-corrected chi connectivity index (χ2v) is 6.25. The summed E-state index contributed by atoms with van der Waals surface area (Å²) in [6, 6.07) is 0. The van der Waals surface area contributed by atoms with Crippen molar-refractivity contribution in [3.63, 3.8) is 0 Å². The van der Waals surface area contributed by atoms with Gasteiger partial charge >= 0.3 is 29.6 Å². The van der Waals surface area contributed by atoms with Crippen molar-refractivity contribution in [1.82, 2.24) is 0 Å². The van der Waals surface area contributed by atoms with Crippen molar-refractivity contribution in [1.29, 1.82) is 0 Å². The molecule has 0 atom stereocenters. The molecule has 0 aliphatic heterocycles. The molecule has 0 aromatic heterocycles. The number of aliphatic carboxylic acids is 1. The van der Waals surface area contributed by atoms with Gasteiger partial charge in [0.25, 0.3) is 0 Å².